The molecule has 132 valence electrons. The molecule has 0 saturated heterocycles. The zero-order valence-electron chi connectivity index (χ0n) is 16.0. The number of hydrogen-bond acceptors (Lipinski definition) is 1. The summed E-state index contributed by atoms with van der Waals surface area (Å²) in [6, 6.07) is 0. The van der Waals surface area contributed by atoms with Gasteiger partial charge in [0.25, 0.3) is 0 Å². The average Bonchev–Trinajstić information content (AvgIpc) is 2.48. The van der Waals surface area contributed by atoms with Crippen molar-refractivity contribution in [2.45, 2.75) is 118 Å². The van der Waals surface area contributed by atoms with Crippen LogP contribution in [0.2, 0.25) is 0 Å². The Morgan fingerprint density at radius 2 is 1.00 bits per heavy atom. The van der Waals surface area contributed by atoms with Crippen LogP contribution < -0.4 is 0 Å². The molecule has 2 atom stereocenters. The number of rotatable bonds is 16. The van der Waals surface area contributed by atoms with Gasteiger partial charge < -0.3 is 0 Å². The lowest BCUT2D eigenvalue weighted by Gasteiger charge is -2.11. The first-order valence-electron chi connectivity index (χ1n) is 10.1. The van der Waals surface area contributed by atoms with Gasteiger partial charge in [-0.15, -0.1) is 0 Å². The summed E-state index contributed by atoms with van der Waals surface area (Å²) in [5.41, 5.74) is 0. The standard InChI is InChI=1S/C21H42O/c1-5-7-9-13-19(3)15-11-17-21(22)18-12-16-20(4)14-10-8-6-2/h19-20H,5-18H2,1-4H3. The predicted octanol–water partition coefficient (Wildman–Crippen LogP) is 7.33. The highest BCUT2D eigenvalue weighted by Gasteiger charge is 2.07. The molecule has 0 fully saturated rings. The lowest BCUT2D eigenvalue weighted by Crippen LogP contribution is -2.02. The van der Waals surface area contributed by atoms with E-state index < -0.39 is 0 Å². The number of carbonyl (C=O) groups is 1. The van der Waals surface area contributed by atoms with Gasteiger partial charge in [0.05, 0.1) is 0 Å². The van der Waals surface area contributed by atoms with Crippen LogP contribution in [0.1, 0.15) is 118 Å². The number of Topliss-reactive ketones (excluding diaryl/α,β-unsaturated/α-hetero) is 1. The molecule has 0 radical (unpaired) electrons. The number of hydrogen-bond donors (Lipinski definition) is 0. The monoisotopic (exact) mass is 310 g/mol. The first-order chi connectivity index (χ1) is 10.6. The molecule has 0 aromatic rings. The Hall–Kier alpha value is -0.330. The molecule has 0 bridgehead atoms. The summed E-state index contributed by atoms with van der Waals surface area (Å²) in [6.45, 7) is 9.21. The SMILES string of the molecule is CCCCCC(C)CCCC(=O)CCCC(C)CCCCC. The minimum Gasteiger partial charge on any atom is -0.300 e. The van der Waals surface area contributed by atoms with Crippen LogP contribution in [-0.4, -0.2) is 5.78 Å². The molecule has 0 aliphatic heterocycles. The van der Waals surface area contributed by atoms with Crippen molar-refractivity contribution in [3.05, 3.63) is 0 Å². The minimum absolute atomic E-state index is 0.501. The maximum Gasteiger partial charge on any atom is 0.132 e. The van der Waals surface area contributed by atoms with Crippen LogP contribution in [0.25, 0.3) is 0 Å². The third-order valence-corrected chi connectivity index (χ3v) is 4.91. The van der Waals surface area contributed by atoms with Crippen LogP contribution >= 0.6 is 0 Å². The molecule has 0 rings (SSSR count). The Balaban J connectivity index is 3.45. The van der Waals surface area contributed by atoms with Crippen LogP contribution in [0, 0.1) is 11.8 Å². The Morgan fingerprint density at radius 3 is 1.36 bits per heavy atom. The van der Waals surface area contributed by atoms with Gasteiger partial charge in [0.1, 0.15) is 5.78 Å². The van der Waals surface area contributed by atoms with E-state index in [9.17, 15) is 4.79 Å². The average molecular weight is 311 g/mol. The van der Waals surface area contributed by atoms with Gasteiger partial charge in [-0.1, -0.05) is 91.9 Å². The maximum absolute atomic E-state index is 11.9. The van der Waals surface area contributed by atoms with Crippen molar-refractivity contribution < 1.29 is 4.79 Å². The lowest BCUT2D eigenvalue weighted by molar-refractivity contribution is -0.119. The highest BCUT2D eigenvalue weighted by atomic mass is 16.1. The van der Waals surface area contributed by atoms with E-state index in [0.717, 1.165) is 37.5 Å². The summed E-state index contributed by atoms with van der Waals surface area (Å²) in [4.78, 5) is 11.9. The number of ketones is 1. The third kappa shape index (κ3) is 14.6. The van der Waals surface area contributed by atoms with Crippen molar-refractivity contribution in [2.75, 3.05) is 0 Å². The van der Waals surface area contributed by atoms with Gasteiger partial charge in [-0.05, 0) is 24.7 Å². The van der Waals surface area contributed by atoms with Crippen molar-refractivity contribution in [1.29, 1.82) is 0 Å². The van der Waals surface area contributed by atoms with E-state index in [1.165, 1.54) is 64.2 Å². The Bertz CT molecular complexity index is 222. The summed E-state index contributed by atoms with van der Waals surface area (Å²) >= 11 is 0. The van der Waals surface area contributed by atoms with E-state index in [0.29, 0.717) is 5.78 Å². The van der Waals surface area contributed by atoms with Crippen molar-refractivity contribution in [1.82, 2.24) is 0 Å². The van der Waals surface area contributed by atoms with Crippen LogP contribution in [0.4, 0.5) is 0 Å². The molecule has 0 saturated carbocycles. The number of carbonyl (C=O) groups excluding carboxylic acids is 1. The molecule has 22 heavy (non-hydrogen) atoms. The minimum atomic E-state index is 0.501. The van der Waals surface area contributed by atoms with Gasteiger partial charge in [-0.25, -0.2) is 0 Å². The van der Waals surface area contributed by atoms with E-state index in [-0.39, 0.29) is 0 Å². The van der Waals surface area contributed by atoms with Gasteiger partial charge >= 0.3 is 0 Å². The summed E-state index contributed by atoms with van der Waals surface area (Å²) < 4.78 is 0. The van der Waals surface area contributed by atoms with Gasteiger partial charge in [0.15, 0.2) is 0 Å². The van der Waals surface area contributed by atoms with Crippen LogP contribution in [0.3, 0.4) is 0 Å². The lowest BCUT2D eigenvalue weighted by atomic mass is 9.94. The van der Waals surface area contributed by atoms with E-state index in [4.69, 9.17) is 0 Å². The fraction of sp³-hybridized carbons (Fsp3) is 0.952. The fourth-order valence-electron chi connectivity index (χ4n) is 3.19. The van der Waals surface area contributed by atoms with Crippen molar-refractivity contribution in [3.63, 3.8) is 0 Å². The second-order valence-corrected chi connectivity index (χ2v) is 7.53. The van der Waals surface area contributed by atoms with Crippen LogP contribution in [0.5, 0.6) is 0 Å². The molecule has 0 spiro atoms. The molecule has 0 aromatic heterocycles. The quantitative estimate of drug-likeness (QED) is 0.273. The summed E-state index contributed by atoms with van der Waals surface area (Å²) in [5, 5.41) is 0. The van der Waals surface area contributed by atoms with Crippen molar-refractivity contribution in [3.8, 4) is 0 Å². The van der Waals surface area contributed by atoms with Crippen LogP contribution in [-0.2, 0) is 4.79 Å². The number of unbranched alkanes of at least 4 members (excludes halogenated alkanes) is 4. The highest BCUT2D eigenvalue weighted by molar-refractivity contribution is 5.78. The van der Waals surface area contributed by atoms with E-state index >= 15 is 0 Å². The Morgan fingerprint density at radius 1 is 0.636 bits per heavy atom. The first kappa shape index (κ1) is 21.7. The molecular formula is C21H42O. The van der Waals surface area contributed by atoms with Crippen LogP contribution in [0.15, 0.2) is 0 Å². The fourth-order valence-corrected chi connectivity index (χ4v) is 3.19. The summed E-state index contributed by atoms with van der Waals surface area (Å²) in [5.74, 6) is 2.11. The zero-order chi connectivity index (χ0) is 16.6. The maximum atomic E-state index is 11.9. The summed E-state index contributed by atoms with van der Waals surface area (Å²) in [6.07, 6.45) is 17.1. The molecule has 0 aromatic carbocycles. The Kier molecular flexibility index (Phi) is 15.3. The van der Waals surface area contributed by atoms with Crippen molar-refractivity contribution in [2.24, 2.45) is 11.8 Å². The van der Waals surface area contributed by atoms with Crippen molar-refractivity contribution >= 4 is 5.78 Å². The normalized spacial score (nSPS) is 14.0. The highest BCUT2D eigenvalue weighted by Crippen LogP contribution is 2.18. The van der Waals surface area contributed by atoms with Gasteiger partial charge in [0, 0.05) is 12.8 Å². The molecule has 0 aliphatic rings. The molecule has 0 heterocycles. The second kappa shape index (κ2) is 15.6. The molecule has 1 heteroatoms. The summed E-state index contributed by atoms with van der Waals surface area (Å²) in [7, 11) is 0. The predicted molar refractivity (Wildman–Crippen MR) is 99.3 cm³/mol. The molecule has 0 aliphatic carbocycles. The second-order valence-electron chi connectivity index (χ2n) is 7.53. The first-order valence-corrected chi connectivity index (χ1v) is 10.1. The largest absolute Gasteiger partial charge is 0.300 e. The molecule has 0 amide bonds. The topological polar surface area (TPSA) is 17.1 Å². The molecule has 1 nitrogen and oxygen atoms in total. The van der Waals surface area contributed by atoms with Gasteiger partial charge in [-0.3, -0.25) is 4.79 Å². The molecular weight excluding hydrogens is 268 g/mol. The molecule has 2 unspecified atom stereocenters. The Labute approximate surface area is 140 Å². The van der Waals surface area contributed by atoms with E-state index in [1.54, 1.807) is 0 Å². The molecule has 0 N–H and O–H groups in total. The van der Waals surface area contributed by atoms with E-state index in [2.05, 4.69) is 27.7 Å². The van der Waals surface area contributed by atoms with E-state index in [1.807, 2.05) is 0 Å². The van der Waals surface area contributed by atoms with Gasteiger partial charge in [0.2, 0.25) is 0 Å². The van der Waals surface area contributed by atoms with Gasteiger partial charge in [-0.2, -0.15) is 0 Å². The smallest absolute Gasteiger partial charge is 0.132 e. The third-order valence-electron chi connectivity index (χ3n) is 4.91. The zero-order valence-corrected chi connectivity index (χ0v) is 16.0.